The molecule has 33 heavy (non-hydrogen) atoms. The largest absolute Gasteiger partial charge is 0.443 e. The fourth-order valence-corrected chi connectivity index (χ4v) is 3.70. The Kier molecular flexibility index (Phi) is 8.28. The molecule has 2 heterocycles. The first-order valence-corrected chi connectivity index (χ1v) is 10.5. The third-order valence-corrected chi connectivity index (χ3v) is 5.79. The molecular weight excluding hydrogens is 480 g/mol. The standard InChI is InChI=1S/C18H19F6N5O3S/c1-8(17(19,20)21)4-11(28-15(32)12-7-33-16(29-12)18(22,23)24)14(31)27-10(6-25)5-9-2-3-26-13(9)30/h7-11H,2-5H2,1H3,(H,26,30)(H,27,31)(H,28,32)/t8-,9-,10-,11-/m0/s1. The van der Waals surface area contributed by atoms with Gasteiger partial charge < -0.3 is 16.0 Å². The number of nitrogens with one attached hydrogen (secondary N) is 3. The minimum atomic E-state index is -4.82. The van der Waals surface area contributed by atoms with E-state index in [-0.39, 0.29) is 23.7 Å². The average Bonchev–Trinajstić information content (AvgIpc) is 3.35. The molecule has 1 saturated heterocycles. The number of carbonyl (C=O) groups excluding carboxylic acids is 3. The number of hydrogen-bond acceptors (Lipinski definition) is 6. The number of nitrogens with zero attached hydrogens (tertiary/aromatic N) is 2. The van der Waals surface area contributed by atoms with Crippen LogP contribution in [-0.2, 0) is 15.8 Å². The predicted molar refractivity (Wildman–Crippen MR) is 101 cm³/mol. The molecule has 3 N–H and O–H groups in total. The Labute approximate surface area is 187 Å². The monoisotopic (exact) mass is 499 g/mol. The second-order valence-corrected chi connectivity index (χ2v) is 8.30. The highest BCUT2D eigenvalue weighted by Crippen LogP contribution is 2.32. The summed E-state index contributed by atoms with van der Waals surface area (Å²) >= 11 is 0.112. The number of carbonyl (C=O) groups is 3. The number of aromatic nitrogens is 1. The molecule has 0 radical (unpaired) electrons. The van der Waals surface area contributed by atoms with Gasteiger partial charge in [-0.25, -0.2) is 4.98 Å². The van der Waals surface area contributed by atoms with Gasteiger partial charge in [0.05, 0.1) is 12.0 Å². The van der Waals surface area contributed by atoms with Crippen molar-refractivity contribution in [3.63, 3.8) is 0 Å². The number of amides is 3. The van der Waals surface area contributed by atoms with Crippen LogP contribution in [-0.4, -0.2) is 47.5 Å². The first-order chi connectivity index (χ1) is 15.2. The van der Waals surface area contributed by atoms with Crippen LogP contribution in [0.5, 0.6) is 0 Å². The van der Waals surface area contributed by atoms with E-state index in [9.17, 15) is 46.0 Å². The fraction of sp³-hybridized carbons (Fsp3) is 0.611. The number of alkyl halides is 6. The molecule has 3 amide bonds. The summed E-state index contributed by atoms with van der Waals surface area (Å²) in [5.41, 5.74) is -0.718. The van der Waals surface area contributed by atoms with E-state index in [1.165, 1.54) is 0 Å². The van der Waals surface area contributed by atoms with Crippen molar-refractivity contribution >= 4 is 29.1 Å². The van der Waals surface area contributed by atoms with Gasteiger partial charge in [-0.05, 0) is 19.3 Å². The molecule has 0 aliphatic carbocycles. The maximum Gasteiger partial charge on any atom is 0.443 e. The van der Waals surface area contributed by atoms with Gasteiger partial charge >= 0.3 is 12.4 Å². The Morgan fingerprint density at radius 3 is 2.45 bits per heavy atom. The molecule has 0 aromatic carbocycles. The molecule has 2 rings (SSSR count). The van der Waals surface area contributed by atoms with E-state index in [4.69, 9.17) is 0 Å². The quantitative estimate of drug-likeness (QED) is 0.474. The van der Waals surface area contributed by atoms with Crippen molar-refractivity contribution in [2.24, 2.45) is 11.8 Å². The number of halogens is 6. The van der Waals surface area contributed by atoms with Crippen molar-refractivity contribution in [2.45, 2.75) is 50.6 Å². The van der Waals surface area contributed by atoms with Crippen LogP contribution in [0.15, 0.2) is 5.38 Å². The van der Waals surface area contributed by atoms with Crippen molar-refractivity contribution in [1.82, 2.24) is 20.9 Å². The third-order valence-electron chi connectivity index (χ3n) is 4.90. The third kappa shape index (κ3) is 7.31. The summed E-state index contributed by atoms with van der Waals surface area (Å²) < 4.78 is 77.2. The Hall–Kier alpha value is -2.89. The van der Waals surface area contributed by atoms with Crippen LogP contribution < -0.4 is 16.0 Å². The van der Waals surface area contributed by atoms with Gasteiger partial charge in [0.15, 0.2) is 5.01 Å². The van der Waals surface area contributed by atoms with Crippen molar-refractivity contribution in [3.8, 4) is 6.07 Å². The topological polar surface area (TPSA) is 124 Å². The molecule has 182 valence electrons. The van der Waals surface area contributed by atoms with E-state index in [0.29, 0.717) is 13.0 Å². The summed E-state index contributed by atoms with van der Waals surface area (Å²) in [5.74, 6) is -5.39. The van der Waals surface area contributed by atoms with Crippen molar-refractivity contribution in [1.29, 1.82) is 5.26 Å². The molecule has 15 heteroatoms. The molecule has 0 spiro atoms. The Balaban J connectivity index is 2.15. The lowest BCUT2D eigenvalue weighted by molar-refractivity contribution is -0.173. The van der Waals surface area contributed by atoms with Gasteiger partial charge in [0.2, 0.25) is 11.8 Å². The van der Waals surface area contributed by atoms with Gasteiger partial charge in [0.25, 0.3) is 5.91 Å². The van der Waals surface area contributed by atoms with Crippen LogP contribution in [0.2, 0.25) is 0 Å². The van der Waals surface area contributed by atoms with Crippen LogP contribution >= 0.6 is 11.3 Å². The molecule has 1 aliphatic heterocycles. The lowest BCUT2D eigenvalue weighted by Gasteiger charge is -2.24. The minimum absolute atomic E-state index is 0.0927. The smallest absolute Gasteiger partial charge is 0.356 e. The minimum Gasteiger partial charge on any atom is -0.356 e. The summed E-state index contributed by atoms with van der Waals surface area (Å²) in [6.07, 6.45) is -10.2. The average molecular weight is 499 g/mol. The van der Waals surface area contributed by atoms with Gasteiger partial charge in [0.1, 0.15) is 17.8 Å². The Bertz CT molecular complexity index is 926. The molecule has 1 aromatic rings. The van der Waals surface area contributed by atoms with E-state index in [0.717, 1.165) is 12.3 Å². The summed E-state index contributed by atoms with van der Waals surface area (Å²) in [7, 11) is 0. The van der Waals surface area contributed by atoms with Crippen molar-refractivity contribution < 1.29 is 40.7 Å². The molecule has 0 saturated carbocycles. The van der Waals surface area contributed by atoms with Gasteiger partial charge in [-0.2, -0.15) is 31.6 Å². The molecule has 1 aromatic heterocycles. The number of rotatable bonds is 8. The maximum absolute atomic E-state index is 13.0. The van der Waals surface area contributed by atoms with Gasteiger partial charge in [-0.1, -0.05) is 6.92 Å². The molecule has 0 bridgehead atoms. The zero-order chi connectivity index (χ0) is 25.0. The highest BCUT2D eigenvalue weighted by atomic mass is 32.1. The van der Waals surface area contributed by atoms with Crippen LogP contribution in [0.3, 0.4) is 0 Å². The maximum atomic E-state index is 13.0. The van der Waals surface area contributed by atoms with E-state index in [1.54, 1.807) is 6.07 Å². The first kappa shape index (κ1) is 26.4. The van der Waals surface area contributed by atoms with Crippen molar-refractivity contribution in [2.75, 3.05) is 6.54 Å². The number of nitriles is 1. The second-order valence-electron chi connectivity index (χ2n) is 7.44. The zero-order valence-electron chi connectivity index (χ0n) is 17.0. The second kappa shape index (κ2) is 10.4. The first-order valence-electron chi connectivity index (χ1n) is 9.60. The SMILES string of the molecule is C[C@@H](C[C@H](NC(=O)c1csc(C(F)(F)F)n1)C(=O)N[C@H](C#N)C[C@@H]1CCNC1=O)C(F)(F)F. The molecule has 1 aliphatic rings. The van der Waals surface area contributed by atoms with E-state index in [2.05, 4.69) is 15.6 Å². The predicted octanol–water partition coefficient (Wildman–Crippen LogP) is 2.38. The van der Waals surface area contributed by atoms with Crippen LogP contribution in [0.1, 0.15) is 41.7 Å². The van der Waals surface area contributed by atoms with Gasteiger partial charge in [0, 0.05) is 17.8 Å². The van der Waals surface area contributed by atoms with E-state index in [1.807, 2.05) is 5.32 Å². The Morgan fingerprint density at radius 2 is 1.97 bits per heavy atom. The lowest BCUT2D eigenvalue weighted by atomic mass is 9.97. The normalized spacial score (nSPS) is 19.2. The fourth-order valence-electron chi connectivity index (χ4n) is 3.03. The van der Waals surface area contributed by atoms with Gasteiger partial charge in [-0.3, -0.25) is 14.4 Å². The Morgan fingerprint density at radius 1 is 1.30 bits per heavy atom. The summed E-state index contributed by atoms with van der Waals surface area (Å²) in [6.45, 7) is 1.15. The van der Waals surface area contributed by atoms with Crippen molar-refractivity contribution in [3.05, 3.63) is 16.1 Å². The molecule has 4 atom stereocenters. The zero-order valence-corrected chi connectivity index (χ0v) is 17.8. The van der Waals surface area contributed by atoms with E-state index < -0.39 is 65.2 Å². The summed E-state index contributed by atoms with van der Waals surface area (Å²) in [5, 5.41) is 15.4. The van der Waals surface area contributed by atoms with Crippen LogP contribution in [0, 0.1) is 23.2 Å². The highest BCUT2D eigenvalue weighted by Gasteiger charge is 2.40. The van der Waals surface area contributed by atoms with Gasteiger partial charge in [-0.15, -0.1) is 11.3 Å². The molecular formula is C18H19F6N5O3S. The molecule has 1 fully saturated rings. The lowest BCUT2D eigenvalue weighted by Crippen LogP contribution is -2.51. The van der Waals surface area contributed by atoms with E-state index >= 15 is 0 Å². The molecule has 0 unspecified atom stereocenters. The number of thiazole rings is 1. The van der Waals surface area contributed by atoms with Crippen LogP contribution in [0.4, 0.5) is 26.3 Å². The molecule has 8 nitrogen and oxygen atoms in total. The van der Waals surface area contributed by atoms with Crippen LogP contribution in [0.25, 0.3) is 0 Å². The highest BCUT2D eigenvalue weighted by molar-refractivity contribution is 7.09. The number of hydrogen-bond donors (Lipinski definition) is 3. The summed E-state index contributed by atoms with van der Waals surface area (Å²) in [6, 6.07) is -1.31. The summed E-state index contributed by atoms with van der Waals surface area (Å²) in [4.78, 5) is 39.7.